The number of carboxylic acids is 1. The summed E-state index contributed by atoms with van der Waals surface area (Å²) >= 11 is 0. The van der Waals surface area contributed by atoms with Crippen molar-refractivity contribution in [3.8, 4) is 0 Å². The highest BCUT2D eigenvalue weighted by Gasteiger charge is 2.34. The van der Waals surface area contributed by atoms with Gasteiger partial charge >= 0.3 is 12.0 Å². The molecular formula is C13H22N4O4. The smallest absolute Gasteiger partial charge is 0.323 e. The summed E-state index contributed by atoms with van der Waals surface area (Å²) in [5.41, 5.74) is 5.08. The van der Waals surface area contributed by atoms with Crippen LogP contribution in [0.5, 0.6) is 0 Å². The van der Waals surface area contributed by atoms with Crippen LogP contribution in [0.25, 0.3) is 0 Å². The lowest BCUT2D eigenvalue weighted by Crippen LogP contribution is -2.48. The summed E-state index contributed by atoms with van der Waals surface area (Å²) in [5.74, 6) is -1.86. The van der Waals surface area contributed by atoms with Crippen LogP contribution >= 0.6 is 0 Å². The van der Waals surface area contributed by atoms with Gasteiger partial charge in [-0.1, -0.05) is 0 Å². The van der Waals surface area contributed by atoms with Gasteiger partial charge in [0.15, 0.2) is 0 Å². The van der Waals surface area contributed by atoms with Crippen molar-refractivity contribution in [2.75, 3.05) is 39.3 Å². The van der Waals surface area contributed by atoms with E-state index in [2.05, 4.69) is 4.90 Å². The Morgan fingerprint density at radius 2 is 1.81 bits per heavy atom. The van der Waals surface area contributed by atoms with Crippen LogP contribution in [0.1, 0.15) is 19.3 Å². The summed E-state index contributed by atoms with van der Waals surface area (Å²) in [6.07, 6.45) is 3.28. The Morgan fingerprint density at radius 3 is 2.38 bits per heavy atom. The van der Waals surface area contributed by atoms with Crippen LogP contribution in [0.4, 0.5) is 4.79 Å². The molecule has 21 heavy (non-hydrogen) atoms. The van der Waals surface area contributed by atoms with Crippen molar-refractivity contribution in [3.05, 3.63) is 0 Å². The predicted octanol–water partition coefficient (Wildman–Crippen LogP) is -0.852. The number of rotatable bonds is 5. The second-order valence-electron chi connectivity index (χ2n) is 5.63. The third-order valence-electron chi connectivity index (χ3n) is 4.03. The van der Waals surface area contributed by atoms with Crippen LogP contribution in [0.2, 0.25) is 0 Å². The molecule has 1 atom stereocenters. The molecule has 2 fully saturated rings. The zero-order valence-corrected chi connectivity index (χ0v) is 12.0. The van der Waals surface area contributed by atoms with Gasteiger partial charge in [-0.3, -0.25) is 14.5 Å². The molecule has 2 aliphatic heterocycles. The maximum absolute atomic E-state index is 12.3. The average molecular weight is 298 g/mol. The fourth-order valence-electron chi connectivity index (χ4n) is 3.06. The van der Waals surface area contributed by atoms with Gasteiger partial charge in [0, 0.05) is 19.1 Å². The monoisotopic (exact) mass is 298 g/mol. The van der Waals surface area contributed by atoms with Gasteiger partial charge in [-0.15, -0.1) is 0 Å². The number of nitrogens with zero attached hydrogens (tertiary/aromatic N) is 3. The number of nitrogens with two attached hydrogens (primary N) is 1. The van der Waals surface area contributed by atoms with Crippen LogP contribution in [0.3, 0.4) is 0 Å². The summed E-state index contributed by atoms with van der Waals surface area (Å²) in [7, 11) is 0. The first kappa shape index (κ1) is 15.6. The molecule has 0 bridgehead atoms. The molecule has 118 valence electrons. The number of likely N-dealkylation sites (tertiary alicyclic amines) is 2. The molecule has 3 N–H and O–H groups in total. The highest BCUT2D eigenvalue weighted by atomic mass is 16.4. The highest BCUT2D eigenvalue weighted by Crippen LogP contribution is 2.21. The summed E-state index contributed by atoms with van der Waals surface area (Å²) in [4.78, 5) is 39.1. The highest BCUT2D eigenvalue weighted by molar-refractivity contribution is 5.86. The first-order valence-electron chi connectivity index (χ1n) is 7.25. The van der Waals surface area contributed by atoms with Crippen LogP contribution in [0, 0.1) is 0 Å². The van der Waals surface area contributed by atoms with Crippen LogP contribution < -0.4 is 5.73 Å². The van der Waals surface area contributed by atoms with E-state index in [0.717, 1.165) is 24.4 Å². The molecule has 2 rings (SSSR count). The number of urea groups is 1. The van der Waals surface area contributed by atoms with Crippen molar-refractivity contribution in [1.29, 1.82) is 0 Å². The molecule has 3 amide bonds. The van der Waals surface area contributed by atoms with E-state index in [9.17, 15) is 14.4 Å². The lowest BCUT2D eigenvalue weighted by Gasteiger charge is -2.27. The van der Waals surface area contributed by atoms with E-state index in [4.69, 9.17) is 10.8 Å². The molecule has 8 nitrogen and oxygen atoms in total. The van der Waals surface area contributed by atoms with Gasteiger partial charge in [-0.2, -0.15) is 0 Å². The maximum atomic E-state index is 12.3. The number of primary amides is 1. The summed E-state index contributed by atoms with van der Waals surface area (Å²) in [6.45, 7) is 2.44. The third kappa shape index (κ3) is 4.07. The van der Waals surface area contributed by atoms with Gasteiger partial charge in [-0.05, 0) is 32.4 Å². The maximum Gasteiger partial charge on any atom is 0.323 e. The van der Waals surface area contributed by atoms with E-state index in [1.807, 2.05) is 0 Å². The van der Waals surface area contributed by atoms with E-state index < -0.39 is 24.5 Å². The molecule has 1 unspecified atom stereocenters. The van der Waals surface area contributed by atoms with E-state index in [1.54, 1.807) is 4.90 Å². The fourth-order valence-corrected chi connectivity index (χ4v) is 3.06. The Hall–Kier alpha value is -1.83. The first-order valence-corrected chi connectivity index (χ1v) is 7.25. The summed E-state index contributed by atoms with van der Waals surface area (Å²) in [5, 5.41) is 8.84. The number of carboxylic acid groups (broad SMARTS) is 1. The van der Waals surface area contributed by atoms with E-state index in [0.29, 0.717) is 19.1 Å². The van der Waals surface area contributed by atoms with Gasteiger partial charge < -0.3 is 20.6 Å². The van der Waals surface area contributed by atoms with Crippen LogP contribution in [0.15, 0.2) is 0 Å². The number of aliphatic carboxylic acids is 1. The standard InChI is InChI=1S/C13H22N4O4/c14-11(18)8-17(9-12(19)20)13(21)16-6-3-10(7-16)15-4-1-2-5-15/h10H,1-9H2,(H2,14,18)(H,19,20). The van der Waals surface area contributed by atoms with Crippen molar-refractivity contribution in [2.24, 2.45) is 5.73 Å². The molecule has 0 aliphatic carbocycles. The zero-order chi connectivity index (χ0) is 15.4. The lowest BCUT2D eigenvalue weighted by atomic mass is 10.2. The SMILES string of the molecule is NC(=O)CN(CC(=O)O)C(=O)N1CCC(N2CCCC2)C1. The lowest BCUT2D eigenvalue weighted by molar-refractivity contribution is -0.138. The predicted molar refractivity (Wildman–Crippen MR) is 74.6 cm³/mol. The fraction of sp³-hybridized carbons (Fsp3) is 0.769. The molecule has 0 aromatic heterocycles. The summed E-state index contributed by atoms with van der Waals surface area (Å²) in [6, 6.07) is -0.0744. The van der Waals surface area contributed by atoms with Crippen LogP contribution in [-0.2, 0) is 9.59 Å². The average Bonchev–Trinajstić information content (AvgIpc) is 3.06. The van der Waals surface area contributed by atoms with Crippen molar-refractivity contribution < 1.29 is 19.5 Å². The molecule has 0 saturated carbocycles. The molecule has 2 saturated heterocycles. The third-order valence-corrected chi connectivity index (χ3v) is 4.03. The quantitative estimate of drug-likeness (QED) is 0.687. The van der Waals surface area contributed by atoms with Crippen molar-refractivity contribution >= 4 is 17.9 Å². The van der Waals surface area contributed by atoms with Gasteiger partial charge in [-0.25, -0.2) is 4.79 Å². The normalized spacial score (nSPS) is 22.5. The number of carbonyl (C=O) groups is 3. The molecule has 2 aliphatic rings. The van der Waals surface area contributed by atoms with Crippen molar-refractivity contribution in [3.63, 3.8) is 0 Å². The minimum absolute atomic E-state index is 0.344. The number of amides is 3. The van der Waals surface area contributed by atoms with Gasteiger partial charge in [0.25, 0.3) is 0 Å². The van der Waals surface area contributed by atoms with E-state index >= 15 is 0 Å². The minimum atomic E-state index is -1.15. The van der Waals surface area contributed by atoms with E-state index in [1.165, 1.54) is 12.8 Å². The first-order chi connectivity index (χ1) is 9.97. The van der Waals surface area contributed by atoms with Crippen molar-refractivity contribution in [1.82, 2.24) is 14.7 Å². The van der Waals surface area contributed by atoms with Gasteiger partial charge in [0.2, 0.25) is 5.91 Å². The second kappa shape index (κ2) is 6.75. The number of carbonyl (C=O) groups excluding carboxylic acids is 2. The molecule has 0 radical (unpaired) electrons. The molecule has 0 aromatic rings. The van der Waals surface area contributed by atoms with E-state index in [-0.39, 0.29) is 6.54 Å². The Morgan fingerprint density at radius 1 is 1.14 bits per heavy atom. The largest absolute Gasteiger partial charge is 0.480 e. The Kier molecular flexibility index (Phi) is 5.00. The van der Waals surface area contributed by atoms with Gasteiger partial charge in [0.1, 0.15) is 13.1 Å². The number of hydrogen-bond acceptors (Lipinski definition) is 4. The topological polar surface area (TPSA) is 107 Å². The Balaban J connectivity index is 1.93. The molecule has 0 aromatic carbocycles. The molecule has 0 spiro atoms. The summed E-state index contributed by atoms with van der Waals surface area (Å²) < 4.78 is 0. The molecular weight excluding hydrogens is 276 g/mol. The van der Waals surface area contributed by atoms with Gasteiger partial charge in [0.05, 0.1) is 0 Å². The van der Waals surface area contributed by atoms with Crippen LogP contribution in [-0.4, -0.2) is 83.0 Å². The zero-order valence-electron chi connectivity index (χ0n) is 12.0. The Labute approximate surface area is 123 Å². The molecule has 2 heterocycles. The minimum Gasteiger partial charge on any atom is -0.480 e. The number of hydrogen-bond donors (Lipinski definition) is 2. The molecule has 8 heteroatoms. The van der Waals surface area contributed by atoms with Crippen molar-refractivity contribution in [2.45, 2.75) is 25.3 Å². The second-order valence-corrected chi connectivity index (χ2v) is 5.63. The Bertz CT molecular complexity index is 406.